The van der Waals surface area contributed by atoms with Crippen LogP contribution in [0.3, 0.4) is 0 Å². The molecule has 0 spiro atoms. The molecule has 2 N–H and O–H groups in total. The van der Waals surface area contributed by atoms with Gasteiger partial charge in [0.2, 0.25) is 0 Å². The molecule has 0 saturated heterocycles. The summed E-state index contributed by atoms with van der Waals surface area (Å²) in [6, 6.07) is 3.99. The summed E-state index contributed by atoms with van der Waals surface area (Å²) in [4.78, 5) is 15.8. The Morgan fingerprint density at radius 1 is 1.27 bits per heavy atom. The van der Waals surface area contributed by atoms with E-state index in [1.54, 1.807) is 0 Å². The molecule has 0 amide bonds. The van der Waals surface area contributed by atoms with E-state index in [4.69, 9.17) is 33.7 Å². The first-order chi connectivity index (χ1) is 10.4. The summed E-state index contributed by atoms with van der Waals surface area (Å²) in [6.45, 7) is 0. The molecule has 0 aliphatic rings. The fourth-order valence-corrected chi connectivity index (χ4v) is 2.34. The Bertz CT molecular complexity index is 753. The smallest absolute Gasteiger partial charge is 0.358 e. The number of hydrogen-bond acceptors (Lipinski definition) is 5. The van der Waals surface area contributed by atoms with Crippen LogP contribution in [0, 0.1) is 5.82 Å². The Morgan fingerprint density at radius 3 is 2.55 bits per heavy atom. The van der Waals surface area contributed by atoms with Crippen LogP contribution in [-0.4, -0.2) is 25.2 Å². The number of pyridine rings is 1. The molecule has 22 heavy (non-hydrogen) atoms. The van der Waals surface area contributed by atoms with Crippen molar-refractivity contribution in [1.82, 2.24) is 4.98 Å². The summed E-state index contributed by atoms with van der Waals surface area (Å²) in [7, 11) is 2.48. The van der Waals surface area contributed by atoms with Gasteiger partial charge in [0.25, 0.3) is 0 Å². The number of rotatable bonds is 3. The van der Waals surface area contributed by atoms with Gasteiger partial charge >= 0.3 is 5.97 Å². The SMILES string of the molecule is COC(=O)c1nc(-c2ccc(F)c(OC)c2Cl)cc(N)c1Cl. The van der Waals surface area contributed by atoms with Crippen LogP contribution < -0.4 is 10.5 Å². The number of carbonyl (C=O) groups is 1. The lowest BCUT2D eigenvalue weighted by Crippen LogP contribution is -2.08. The third-order valence-electron chi connectivity index (χ3n) is 2.89. The first-order valence-electron chi connectivity index (χ1n) is 5.97. The van der Waals surface area contributed by atoms with Gasteiger partial charge < -0.3 is 15.2 Å². The van der Waals surface area contributed by atoms with Crippen LogP contribution in [0.25, 0.3) is 11.3 Å². The standard InChI is InChI=1S/C14H11Cl2FN2O3/c1-21-13-7(17)4-3-6(10(13)15)9-5-8(18)11(16)12(19-9)14(20)22-2/h3-5H,1-2H3,(H2,18,19). The zero-order valence-electron chi connectivity index (χ0n) is 11.6. The van der Waals surface area contributed by atoms with Gasteiger partial charge in [-0.1, -0.05) is 23.2 Å². The van der Waals surface area contributed by atoms with E-state index in [-0.39, 0.29) is 32.9 Å². The van der Waals surface area contributed by atoms with Gasteiger partial charge in [0.15, 0.2) is 17.3 Å². The highest BCUT2D eigenvalue weighted by Gasteiger charge is 2.20. The molecule has 2 rings (SSSR count). The fourth-order valence-electron chi connectivity index (χ4n) is 1.84. The Balaban J connectivity index is 2.69. The maximum atomic E-state index is 13.6. The molecular weight excluding hydrogens is 334 g/mol. The summed E-state index contributed by atoms with van der Waals surface area (Å²) in [6.07, 6.45) is 0. The predicted molar refractivity (Wildman–Crippen MR) is 82.0 cm³/mol. The minimum Gasteiger partial charge on any atom is -0.492 e. The molecule has 0 saturated carbocycles. The second kappa shape index (κ2) is 6.37. The van der Waals surface area contributed by atoms with Crippen LogP contribution in [0.1, 0.15) is 10.5 Å². The van der Waals surface area contributed by atoms with Crippen molar-refractivity contribution in [3.63, 3.8) is 0 Å². The third-order valence-corrected chi connectivity index (χ3v) is 3.67. The molecule has 8 heteroatoms. The number of ether oxygens (including phenoxy) is 2. The van der Waals surface area contributed by atoms with Crippen LogP contribution in [0.2, 0.25) is 10.0 Å². The third kappa shape index (κ3) is 2.80. The lowest BCUT2D eigenvalue weighted by Gasteiger charge is -2.12. The second-order valence-electron chi connectivity index (χ2n) is 4.19. The van der Waals surface area contributed by atoms with Crippen LogP contribution in [0.15, 0.2) is 18.2 Å². The van der Waals surface area contributed by atoms with Crippen molar-refractivity contribution in [2.45, 2.75) is 0 Å². The first-order valence-corrected chi connectivity index (χ1v) is 6.73. The number of hydrogen-bond donors (Lipinski definition) is 1. The molecule has 2 aromatic rings. The summed E-state index contributed by atoms with van der Waals surface area (Å²) in [5, 5.41) is -0.0201. The van der Waals surface area contributed by atoms with E-state index in [1.165, 1.54) is 32.4 Å². The van der Waals surface area contributed by atoms with Gasteiger partial charge in [0, 0.05) is 5.56 Å². The number of anilines is 1. The Morgan fingerprint density at radius 2 is 1.95 bits per heavy atom. The van der Waals surface area contributed by atoms with Crippen molar-refractivity contribution in [2.75, 3.05) is 20.0 Å². The number of nitrogens with zero attached hydrogens (tertiary/aromatic N) is 1. The van der Waals surface area contributed by atoms with E-state index in [2.05, 4.69) is 9.72 Å². The highest BCUT2D eigenvalue weighted by Crippen LogP contribution is 2.38. The molecule has 0 aliphatic carbocycles. The largest absolute Gasteiger partial charge is 0.492 e. The van der Waals surface area contributed by atoms with Crippen LogP contribution >= 0.6 is 23.2 Å². The molecule has 116 valence electrons. The zero-order valence-corrected chi connectivity index (χ0v) is 13.1. The lowest BCUT2D eigenvalue weighted by molar-refractivity contribution is 0.0594. The Hall–Kier alpha value is -2.05. The molecule has 0 atom stereocenters. The summed E-state index contributed by atoms with van der Waals surface area (Å²) in [5.41, 5.74) is 6.32. The van der Waals surface area contributed by atoms with Gasteiger partial charge in [0.05, 0.1) is 35.6 Å². The highest BCUT2D eigenvalue weighted by molar-refractivity contribution is 6.36. The van der Waals surface area contributed by atoms with Crippen LogP contribution in [-0.2, 0) is 4.74 Å². The topological polar surface area (TPSA) is 74.4 Å². The van der Waals surface area contributed by atoms with E-state index in [0.29, 0.717) is 5.56 Å². The number of carbonyl (C=O) groups excluding carboxylic acids is 1. The number of esters is 1. The van der Waals surface area contributed by atoms with Crippen LogP contribution in [0.5, 0.6) is 5.75 Å². The van der Waals surface area contributed by atoms with Crippen molar-refractivity contribution in [1.29, 1.82) is 0 Å². The van der Waals surface area contributed by atoms with Crippen molar-refractivity contribution in [3.8, 4) is 17.0 Å². The first kappa shape index (κ1) is 16.3. The minimum absolute atomic E-state index is 0.00698. The molecular formula is C14H11Cl2FN2O3. The van der Waals surface area contributed by atoms with Gasteiger partial charge in [-0.05, 0) is 18.2 Å². The van der Waals surface area contributed by atoms with Gasteiger partial charge in [-0.3, -0.25) is 0 Å². The minimum atomic E-state index is -0.747. The Kier molecular flexibility index (Phi) is 4.73. The summed E-state index contributed by atoms with van der Waals surface area (Å²) in [5.74, 6) is -1.50. The van der Waals surface area contributed by atoms with Gasteiger partial charge in [-0.25, -0.2) is 14.2 Å². The predicted octanol–water partition coefficient (Wildman–Crippen LogP) is 3.57. The average Bonchev–Trinajstić information content (AvgIpc) is 2.50. The molecule has 0 unspecified atom stereocenters. The number of halogens is 3. The molecule has 5 nitrogen and oxygen atoms in total. The molecule has 0 radical (unpaired) electrons. The highest BCUT2D eigenvalue weighted by atomic mass is 35.5. The van der Waals surface area contributed by atoms with E-state index < -0.39 is 11.8 Å². The normalized spacial score (nSPS) is 10.4. The number of nitrogens with two attached hydrogens (primary N) is 1. The molecule has 0 aliphatic heterocycles. The average molecular weight is 345 g/mol. The fraction of sp³-hybridized carbons (Fsp3) is 0.143. The molecule has 1 aromatic carbocycles. The second-order valence-corrected chi connectivity index (χ2v) is 4.95. The van der Waals surface area contributed by atoms with Gasteiger partial charge in [-0.15, -0.1) is 0 Å². The monoisotopic (exact) mass is 344 g/mol. The summed E-state index contributed by atoms with van der Waals surface area (Å²) >= 11 is 12.1. The maximum Gasteiger partial charge on any atom is 0.358 e. The van der Waals surface area contributed by atoms with Crippen molar-refractivity contribution in [3.05, 3.63) is 39.8 Å². The van der Waals surface area contributed by atoms with E-state index in [0.717, 1.165) is 0 Å². The summed E-state index contributed by atoms with van der Waals surface area (Å²) < 4.78 is 23.1. The quantitative estimate of drug-likeness (QED) is 0.861. The van der Waals surface area contributed by atoms with E-state index in [9.17, 15) is 9.18 Å². The number of nitrogen functional groups attached to an aromatic ring is 1. The number of benzene rings is 1. The number of methoxy groups -OCH3 is 2. The van der Waals surface area contributed by atoms with Crippen molar-refractivity contribution >= 4 is 34.9 Å². The van der Waals surface area contributed by atoms with E-state index in [1.807, 2.05) is 0 Å². The van der Waals surface area contributed by atoms with Crippen molar-refractivity contribution in [2.24, 2.45) is 0 Å². The van der Waals surface area contributed by atoms with Gasteiger partial charge in [0.1, 0.15) is 0 Å². The molecule has 1 aromatic heterocycles. The van der Waals surface area contributed by atoms with Crippen molar-refractivity contribution < 1.29 is 18.7 Å². The zero-order chi connectivity index (χ0) is 16.4. The Labute approximate surface area is 135 Å². The molecule has 0 fully saturated rings. The lowest BCUT2D eigenvalue weighted by atomic mass is 10.1. The maximum absolute atomic E-state index is 13.6. The van der Waals surface area contributed by atoms with E-state index >= 15 is 0 Å². The van der Waals surface area contributed by atoms with Crippen LogP contribution in [0.4, 0.5) is 10.1 Å². The van der Waals surface area contributed by atoms with Gasteiger partial charge in [-0.2, -0.15) is 0 Å². The molecule has 0 bridgehead atoms. The number of aromatic nitrogens is 1. The molecule has 1 heterocycles.